The summed E-state index contributed by atoms with van der Waals surface area (Å²) in [5.41, 5.74) is 1.58. The normalized spacial score (nSPS) is 10.2. The van der Waals surface area contributed by atoms with E-state index in [1.807, 2.05) is 24.3 Å². The van der Waals surface area contributed by atoms with Crippen LogP contribution in [-0.4, -0.2) is 30.5 Å². The molecule has 0 atom stereocenters. The van der Waals surface area contributed by atoms with Gasteiger partial charge in [-0.3, -0.25) is 0 Å². The van der Waals surface area contributed by atoms with Crippen LogP contribution in [0.5, 0.6) is 5.75 Å². The zero-order valence-electron chi connectivity index (χ0n) is 10.4. The lowest BCUT2D eigenvalue weighted by Crippen LogP contribution is -2.37. The zero-order chi connectivity index (χ0) is 13.1. The molecule has 6 heteroatoms. The number of para-hydroxylation sites is 1. The van der Waals surface area contributed by atoms with E-state index in [1.54, 1.807) is 14.2 Å². The first-order valence-electron chi connectivity index (χ1n) is 5.35. The maximum Gasteiger partial charge on any atom is 0.384 e. The van der Waals surface area contributed by atoms with Gasteiger partial charge in [-0.1, -0.05) is 17.3 Å². The van der Waals surface area contributed by atoms with Crippen LogP contribution in [0.1, 0.15) is 10.5 Å². The van der Waals surface area contributed by atoms with Gasteiger partial charge < -0.3 is 9.47 Å². The number of aryl methyl sites for hydroxylation is 1. The third-order valence-electron chi connectivity index (χ3n) is 2.61. The Kier molecular flexibility index (Phi) is 3.27. The number of hydrogen-bond donors (Lipinski definition) is 1. The first-order valence-corrected chi connectivity index (χ1v) is 5.35. The van der Waals surface area contributed by atoms with Gasteiger partial charge in [-0.2, -0.15) is 4.68 Å². The summed E-state index contributed by atoms with van der Waals surface area (Å²) < 4.78 is 11.5. The molecule has 1 aromatic carbocycles. The highest BCUT2D eigenvalue weighted by Crippen LogP contribution is 2.29. The van der Waals surface area contributed by atoms with E-state index in [0.717, 1.165) is 5.56 Å². The lowest BCUT2D eigenvalue weighted by Gasteiger charge is -2.03. The van der Waals surface area contributed by atoms with E-state index < -0.39 is 5.97 Å². The van der Waals surface area contributed by atoms with E-state index in [0.29, 0.717) is 17.1 Å². The molecule has 18 heavy (non-hydrogen) atoms. The van der Waals surface area contributed by atoms with Crippen molar-refractivity contribution >= 4 is 5.97 Å². The van der Waals surface area contributed by atoms with Crippen LogP contribution in [0.15, 0.2) is 24.3 Å². The molecule has 1 N–H and O–H groups in total. The predicted molar refractivity (Wildman–Crippen MR) is 63.1 cm³/mol. The van der Waals surface area contributed by atoms with Gasteiger partial charge in [0.25, 0.3) is 11.4 Å². The Balaban J connectivity index is 2.61. The summed E-state index contributed by atoms with van der Waals surface area (Å²) in [6, 6.07) is 7.35. The summed E-state index contributed by atoms with van der Waals surface area (Å²) in [6.07, 6.45) is 0. The molecule has 0 radical (unpaired) electrons. The Bertz CT molecular complexity index is 578. The first-order chi connectivity index (χ1) is 8.69. The monoisotopic (exact) mass is 248 g/mol. The molecule has 6 nitrogen and oxygen atoms in total. The van der Waals surface area contributed by atoms with E-state index >= 15 is 0 Å². The molecule has 1 aromatic heterocycles. The van der Waals surface area contributed by atoms with Crippen molar-refractivity contribution in [1.29, 1.82) is 0 Å². The molecular weight excluding hydrogens is 234 g/mol. The largest absolute Gasteiger partial charge is 0.496 e. The van der Waals surface area contributed by atoms with E-state index in [4.69, 9.17) is 9.47 Å². The molecular formula is C12H14N3O3+. The summed E-state index contributed by atoms with van der Waals surface area (Å²) in [5, 5.41) is 6.83. The molecule has 0 bridgehead atoms. The smallest absolute Gasteiger partial charge is 0.384 e. The van der Waals surface area contributed by atoms with E-state index in [2.05, 4.69) is 10.3 Å². The van der Waals surface area contributed by atoms with Crippen LogP contribution < -0.4 is 9.42 Å². The number of carbonyl (C=O) groups is 1. The number of esters is 1. The summed E-state index contributed by atoms with van der Waals surface area (Å²) in [7, 11) is 4.60. The second-order valence-corrected chi connectivity index (χ2v) is 3.66. The van der Waals surface area contributed by atoms with Crippen molar-refractivity contribution in [3.05, 3.63) is 30.0 Å². The van der Waals surface area contributed by atoms with Gasteiger partial charge in [0.1, 0.15) is 12.8 Å². The number of H-pyrrole nitrogens is 1. The number of aromatic nitrogens is 3. The molecule has 0 unspecified atom stereocenters. The lowest BCUT2D eigenvalue weighted by atomic mass is 10.1. The number of ether oxygens (including phenoxy) is 2. The first kappa shape index (κ1) is 12.1. The fraction of sp³-hybridized carbons (Fsp3) is 0.250. The fourth-order valence-electron chi connectivity index (χ4n) is 1.75. The molecule has 0 amide bonds. The zero-order valence-corrected chi connectivity index (χ0v) is 10.4. The number of aromatic amines is 1. The van der Waals surface area contributed by atoms with Crippen LogP contribution in [0.3, 0.4) is 0 Å². The number of benzene rings is 1. The lowest BCUT2D eigenvalue weighted by molar-refractivity contribution is -0.732. The van der Waals surface area contributed by atoms with E-state index in [1.165, 1.54) is 11.8 Å². The Labute approximate surface area is 104 Å². The van der Waals surface area contributed by atoms with Gasteiger partial charge in [0, 0.05) is 5.10 Å². The van der Waals surface area contributed by atoms with Crippen LogP contribution in [0, 0.1) is 0 Å². The van der Waals surface area contributed by atoms with Crippen LogP contribution in [0.4, 0.5) is 0 Å². The quantitative estimate of drug-likeness (QED) is 0.641. The van der Waals surface area contributed by atoms with Crippen molar-refractivity contribution in [2.75, 3.05) is 14.2 Å². The van der Waals surface area contributed by atoms with Gasteiger partial charge in [0.15, 0.2) is 0 Å². The molecule has 0 saturated carbocycles. The number of rotatable bonds is 3. The van der Waals surface area contributed by atoms with Gasteiger partial charge in [-0.05, 0) is 12.1 Å². The Morgan fingerprint density at radius 1 is 1.33 bits per heavy atom. The molecule has 0 saturated heterocycles. The van der Waals surface area contributed by atoms with Gasteiger partial charge in [-0.15, -0.1) is 0 Å². The Morgan fingerprint density at radius 3 is 2.72 bits per heavy atom. The summed E-state index contributed by atoms with van der Waals surface area (Å²) in [6.45, 7) is 0. The highest BCUT2D eigenvalue weighted by Gasteiger charge is 2.30. The molecule has 0 aliphatic rings. The molecule has 0 aliphatic carbocycles. The number of carbonyl (C=O) groups excluding carboxylic acids is 1. The third-order valence-corrected chi connectivity index (χ3v) is 2.61. The molecule has 2 rings (SSSR count). The topological polar surface area (TPSA) is 68.1 Å². The second-order valence-electron chi connectivity index (χ2n) is 3.66. The summed E-state index contributed by atoms with van der Waals surface area (Å²) >= 11 is 0. The average Bonchev–Trinajstić information content (AvgIpc) is 2.79. The molecule has 0 fully saturated rings. The standard InChI is InChI=1S/C12H13N3O3/c1-15-11(12(16)18-3)10(13-14-15)8-6-4-5-7-9(8)17-2/h4-7H,1-3H3/p+1. The minimum Gasteiger partial charge on any atom is -0.496 e. The summed E-state index contributed by atoms with van der Waals surface area (Å²) in [4.78, 5) is 11.7. The molecule has 94 valence electrons. The molecule has 0 spiro atoms. The van der Waals surface area contributed by atoms with Gasteiger partial charge in [0.05, 0.1) is 19.8 Å². The van der Waals surface area contributed by atoms with Crippen molar-refractivity contribution in [2.45, 2.75) is 0 Å². The van der Waals surface area contributed by atoms with Crippen LogP contribution in [-0.2, 0) is 11.8 Å². The number of nitrogens with zero attached hydrogens (tertiary/aromatic N) is 2. The summed E-state index contributed by atoms with van der Waals surface area (Å²) in [5.74, 6) is 0.196. The maximum atomic E-state index is 11.7. The second kappa shape index (κ2) is 4.87. The third kappa shape index (κ3) is 1.92. The van der Waals surface area contributed by atoms with Crippen molar-refractivity contribution in [2.24, 2.45) is 7.05 Å². The maximum absolute atomic E-state index is 11.7. The number of methoxy groups -OCH3 is 2. The average molecular weight is 248 g/mol. The number of nitrogens with one attached hydrogen (secondary N) is 1. The predicted octanol–water partition coefficient (Wildman–Crippen LogP) is 0.696. The SMILES string of the molecule is COC(=O)c1c(-c2ccccc2OC)n[nH][n+]1C. The molecule has 2 aromatic rings. The van der Waals surface area contributed by atoms with Crippen LogP contribution in [0.2, 0.25) is 0 Å². The minimum absolute atomic E-state index is 0.349. The van der Waals surface area contributed by atoms with Crippen molar-refractivity contribution in [1.82, 2.24) is 10.3 Å². The van der Waals surface area contributed by atoms with Crippen LogP contribution in [0.25, 0.3) is 11.3 Å². The van der Waals surface area contributed by atoms with Crippen molar-refractivity contribution in [3.8, 4) is 17.0 Å². The van der Waals surface area contributed by atoms with Gasteiger partial charge >= 0.3 is 5.97 Å². The molecule has 0 aliphatic heterocycles. The van der Waals surface area contributed by atoms with E-state index in [-0.39, 0.29) is 0 Å². The Hall–Kier alpha value is -2.37. The number of hydrogen-bond acceptors (Lipinski definition) is 4. The van der Waals surface area contributed by atoms with Gasteiger partial charge in [0.2, 0.25) is 0 Å². The molecule has 1 heterocycles. The minimum atomic E-state index is -0.452. The van der Waals surface area contributed by atoms with E-state index in [9.17, 15) is 4.79 Å². The highest BCUT2D eigenvalue weighted by molar-refractivity contribution is 5.93. The fourth-order valence-corrected chi connectivity index (χ4v) is 1.75. The van der Waals surface area contributed by atoms with Crippen LogP contribution >= 0.6 is 0 Å². The highest BCUT2D eigenvalue weighted by atomic mass is 16.5. The Morgan fingerprint density at radius 2 is 2.06 bits per heavy atom. The van der Waals surface area contributed by atoms with Crippen molar-refractivity contribution in [3.63, 3.8) is 0 Å². The van der Waals surface area contributed by atoms with Crippen molar-refractivity contribution < 1.29 is 19.0 Å². The van der Waals surface area contributed by atoms with Gasteiger partial charge in [-0.25, -0.2) is 4.79 Å².